The maximum Gasteiger partial charge on any atom is 0.321 e. The summed E-state index contributed by atoms with van der Waals surface area (Å²) in [6.45, 7) is 3.08. The molecule has 0 bridgehead atoms. The van der Waals surface area contributed by atoms with Gasteiger partial charge in [-0.05, 0) is 38.1 Å². The average Bonchev–Trinajstić information content (AvgIpc) is 2.29. The fraction of sp³-hybridized carbons (Fsp3) is 0.923. The third-order valence-corrected chi connectivity index (χ3v) is 4.27. The van der Waals surface area contributed by atoms with Crippen LogP contribution in [0.25, 0.3) is 0 Å². The maximum atomic E-state index is 11.4. The zero-order valence-corrected chi connectivity index (χ0v) is 10.2. The molecular formula is C13H23NO2. The molecule has 3 heteroatoms. The largest absolute Gasteiger partial charge is 0.480 e. The van der Waals surface area contributed by atoms with Crippen LogP contribution in [0.3, 0.4) is 0 Å². The molecule has 0 spiro atoms. The molecule has 92 valence electrons. The van der Waals surface area contributed by atoms with Gasteiger partial charge in [-0.15, -0.1) is 0 Å². The summed E-state index contributed by atoms with van der Waals surface area (Å²) in [4.78, 5) is 13.7. The lowest BCUT2D eigenvalue weighted by Crippen LogP contribution is -2.54. The Morgan fingerprint density at radius 3 is 2.44 bits per heavy atom. The molecule has 2 fully saturated rings. The van der Waals surface area contributed by atoms with Crippen LogP contribution in [0, 0.1) is 5.92 Å². The predicted molar refractivity (Wildman–Crippen MR) is 63.4 cm³/mol. The fourth-order valence-electron chi connectivity index (χ4n) is 3.43. The van der Waals surface area contributed by atoms with Crippen molar-refractivity contribution in [2.75, 3.05) is 6.54 Å². The Balaban J connectivity index is 2.06. The number of rotatable bonds is 2. The van der Waals surface area contributed by atoms with Crippen LogP contribution >= 0.6 is 0 Å². The molecule has 16 heavy (non-hydrogen) atoms. The topological polar surface area (TPSA) is 40.5 Å². The van der Waals surface area contributed by atoms with Gasteiger partial charge < -0.3 is 5.11 Å². The number of hydrogen-bond acceptors (Lipinski definition) is 2. The lowest BCUT2D eigenvalue weighted by atomic mass is 9.86. The third kappa shape index (κ3) is 2.40. The van der Waals surface area contributed by atoms with Crippen molar-refractivity contribution in [3.8, 4) is 0 Å². The Morgan fingerprint density at radius 1 is 1.12 bits per heavy atom. The smallest absolute Gasteiger partial charge is 0.321 e. The van der Waals surface area contributed by atoms with E-state index >= 15 is 0 Å². The molecular weight excluding hydrogens is 202 g/mol. The molecule has 0 radical (unpaired) electrons. The van der Waals surface area contributed by atoms with Crippen molar-refractivity contribution < 1.29 is 9.90 Å². The minimum Gasteiger partial charge on any atom is -0.480 e. The number of aliphatic carboxylic acids is 1. The standard InChI is InChI=1S/C13H23NO2/c1-10-6-5-9-14(12(10)13(15)16)11-7-3-2-4-8-11/h10-12H,2-9H2,1H3,(H,15,16). The number of carbonyl (C=O) groups is 1. The molecule has 1 aliphatic heterocycles. The summed E-state index contributed by atoms with van der Waals surface area (Å²) in [6.07, 6.45) is 8.54. The summed E-state index contributed by atoms with van der Waals surface area (Å²) >= 11 is 0. The van der Waals surface area contributed by atoms with Gasteiger partial charge in [-0.25, -0.2) is 0 Å². The molecule has 2 atom stereocenters. The van der Waals surface area contributed by atoms with E-state index in [0.29, 0.717) is 12.0 Å². The predicted octanol–water partition coefficient (Wildman–Crippen LogP) is 2.50. The van der Waals surface area contributed by atoms with Crippen LogP contribution in [-0.2, 0) is 4.79 Å². The van der Waals surface area contributed by atoms with Gasteiger partial charge in [0.05, 0.1) is 0 Å². The molecule has 2 unspecified atom stereocenters. The summed E-state index contributed by atoms with van der Waals surface area (Å²) in [6, 6.07) is 0.314. The van der Waals surface area contributed by atoms with Crippen LogP contribution in [0.2, 0.25) is 0 Å². The Bertz CT molecular complexity index is 248. The molecule has 3 nitrogen and oxygen atoms in total. The van der Waals surface area contributed by atoms with Gasteiger partial charge in [0, 0.05) is 6.04 Å². The van der Waals surface area contributed by atoms with E-state index in [-0.39, 0.29) is 6.04 Å². The van der Waals surface area contributed by atoms with Gasteiger partial charge in [0.1, 0.15) is 6.04 Å². The third-order valence-electron chi connectivity index (χ3n) is 4.27. The first kappa shape index (κ1) is 11.9. The second-order valence-electron chi connectivity index (χ2n) is 5.43. The molecule has 1 saturated carbocycles. The highest BCUT2D eigenvalue weighted by atomic mass is 16.4. The lowest BCUT2D eigenvalue weighted by molar-refractivity contribution is -0.148. The van der Waals surface area contributed by atoms with Crippen molar-refractivity contribution in [3.05, 3.63) is 0 Å². The van der Waals surface area contributed by atoms with Gasteiger partial charge in [-0.1, -0.05) is 26.2 Å². The van der Waals surface area contributed by atoms with Crippen LogP contribution < -0.4 is 0 Å². The highest BCUT2D eigenvalue weighted by molar-refractivity contribution is 5.74. The zero-order chi connectivity index (χ0) is 11.5. The quantitative estimate of drug-likeness (QED) is 0.785. The molecule has 1 N–H and O–H groups in total. The molecule has 1 saturated heterocycles. The van der Waals surface area contributed by atoms with Crippen molar-refractivity contribution in [2.24, 2.45) is 5.92 Å². The van der Waals surface area contributed by atoms with E-state index in [0.717, 1.165) is 13.0 Å². The second-order valence-corrected chi connectivity index (χ2v) is 5.43. The number of likely N-dealkylation sites (tertiary alicyclic amines) is 1. The fourth-order valence-corrected chi connectivity index (χ4v) is 3.43. The van der Waals surface area contributed by atoms with E-state index in [1.165, 1.54) is 38.5 Å². The Labute approximate surface area is 97.8 Å². The molecule has 0 amide bonds. The van der Waals surface area contributed by atoms with Crippen molar-refractivity contribution >= 4 is 5.97 Å². The van der Waals surface area contributed by atoms with Crippen molar-refractivity contribution in [1.29, 1.82) is 0 Å². The van der Waals surface area contributed by atoms with E-state index < -0.39 is 5.97 Å². The van der Waals surface area contributed by atoms with Crippen LogP contribution in [0.4, 0.5) is 0 Å². The molecule has 1 aliphatic carbocycles. The van der Waals surface area contributed by atoms with Gasteiger partial charge in [0.15, 0.2) is 0 Å². The van der Waals surface area contributed by atoms with Crippen LogP contribution in [-0.4, -0.2) is 34.6 Å². The minimum absolute atomic E-state index is 0.225. The second kappa shape index (κ2) is 5.17. The van der Waals surface area contributed by atoms with E-state index in [1.807, 2.05) is 0 Å². The molecule has 2 rings (SSSR count). The van der Waals surface area contributed by atoms with E-state index in [4.69, 9.17) is 0 Å². The summed E-state index contributed by atoms with van der Waals surface area (Å²) in [7, 11) is 0. The van der Waals surface area contributed by atoms with Gasteiger partial charge >= 0.3 is 5.97 Å². The number of carboxylic acids is 1. The SMILES string of the molecule is CC1CCCN(C2CCCCC2)C1C(=O)O. The normalized spacial score (nSPS) is 33.8. The van der Waals surface area contributed by atoms with Crippen molar-refractivity contribution in [3.63, 3.8) is 0 Å². The average molecular weight is 225 g/mol. The number of carboxylic acid groups (broad SMARTS) is 1. The lowest BCUT2D eigenvalue weighted by Gasteiger charge is -2.43. The Hall–Kier alpha value is -0.570. The first-order valence-electron chi connectivity index (χ1n) is 6.68. The molecule has 2 aliphatic rings. The molecule has 0 aromatic rings. The number of nitrogens with zero attached hydrogens (tertiary/aromatic N) is 1. The van der Waals surface area contributed by atoms with E-state index in [9.17, 15) is 9.90 Å². The Morgan fingerprint density at radius 2 is 1.81 bits per heavy atom. The molecule has 1 heterocycles. The van der Waals surface area contributed by atoms with Gasteiger partial charge in [-0.3, -0.25) is 9.69 Å². The van der Waals surface area contributed by atoms with Crippen LogP contribution in [0.15, 0.2) is 0 Å². The molecule has 0 aromatic carbocycles. The molecule has 0 aromatic heterocycles. The van der Waals surface area contributed by atoms with E-state index in [2.05, 4.69) is 11.8 Å². The van der Waals surface area contributed by atoms with Gasteiger partial charge in [0.2, 0.25) is 0 Å². The van der Waals surface area contributed by atoms with E-state index in [1.54, 1.807) is 0 Å². The zero-order valence-electron chi connectivity index (χ0n) is 10.2. The van der Waals surface area contributed by atoms with Gasteiger partial charge in [0.25, 0.3) is 0 Å². The summed E-state index contributed by atoms with van der Waals surface area (Å²) in [5, 5.41) is 9.37. The number of hydrogen-bond donors (Lipinski definition) is 1. The van der Waals surface area contributed by atoms with Crippen molar-refractivity contribution in [2.45, 2.75) is 64.0 Å². The van der Waals surface area contributed by atoms with Crippen molar-refractivity contribution in [1.82, 2.24) is 4.90 Å². The summed E-state index contributed by atoms with van der Waals surface area (Å²) in [5.74, 6) is -0.300. The summed E-state index contributed by atoms with van der Waals surface area (Å²) in [5.41, 5.74) is 0. The first-order chi connectivity index (χ1) is 7.70. The Kier molecular flexibility index (Phi) is 3.85. The summed E-state index contributed by atoms with van der Waals surface area (Å²) < 4.78 is 0. The maximum absolute atomic E-state index is 11.4. The number of piperidine rings is 1. The highest BCUT2D eigenvalue weighted by Crippen LogP contribution is 2.31. The van der Waals surface area contributed by atoms with Crippen LogP contribution in [0.1, 0.15) is 51.9 Å². The van der Waals surface area contributed by atoms with Gasteiger partial charge in [-0.2, -0.15) is 0 Å². The highest BCUT2D eigenvalue weighted by Gasteiger charge is 2.37. The minimum atomic E-state index is -0.613. The first-order valence-corrected chi connectivity index (χ1v) is 6.68. The monoisotopic (exact) mass is 225 g/mol. The van der Waals surface area contributed by atoms with Crippen LogP contribution in [0.5, 0.6) is 0 Å².